The largest absolute Gasteiger partial charge is 0.451 e. The van der Waals surface area contributed by atoms with Crippen LogP contribution in [0.15, 0.2) is 36.7 Å². The Morgan fingerprint density at radius 1 is 1.13 bits per heavy atom. The maximum absolute atomic E-state index is 11.7. The SMILES string of the molecule is Cc1cnc(C(=O)OCC(=O)Nc2ccc(C(N)=O)cc2)cn1. The van der Waals surface area contributed by atoms with Gasteiger partial charge in [-0.05, 0) is 31.2 Å². The third-order valence-electron chi connectivity index (χ3n) is 2.78. The second-order valence-electron chi connectivity index (χ2n) is 4.61. The highest BCUT2D eigenvalue weighted by Gasteiger charge is 2.12. The van der Waals surface area contributed by atoms with Gasteiger partial charge >= 0.3 is 5.97 Å². The number of carbonyl (C=O) groups excluding carboxylic acids is 3. The Kier molecular flexibility index (Phi) is 4.98. The summed E-state index contributed by atoms with van der Waals surface area (Å²) in [7, 11) is 0. The highest BCUT2D eigenvalue weighted by molar-refractivity contribution is 5.96. The number of nitrogens with zero attached hydrogens (tertiary/aromatic N) is 2. The van der Waals surface area contributed by atoms with Crippen LogP contribution in [0.25, 0.3) is 0 Å². The zero-order valence-corrected chi connectivity index (χ0v) is 12.3. The topological polar surface area (TPSA) is 124 Å². The molecule has 1 aromatic heterocycles. The molecular formula is C15H14N4O4. The molecule has 0 saturated carbocycles. The number of nitrogens with one attached hydrogen (secondary N) is 1. The Hall–Kier alpha value is -3.29. The Balaban J connectivity index is 1.86. The van der Waals surface area contributed by atoms with E-state index in [1.54, 1.807) is 6.92 Å². The molecule has 0 fully saturated rings. The molecule has 3 N–H and O–H groups in total. The van der Waals surface area contributed by atoms with E-state index in [0.29, 0.717) is 16.9 Å². The number of primary amides is 1. The summed E-state index contributed by atoms with van der Waals surface area (Å²) in [5.41, 5.74) is 6.58. The van der Waals surface area contributed by atoms with Crippen molar-refractivity contribution in [3.63, 3.8) is 0 Å². The summed E-state index contributed by atoms with van der Waals surface area (Å²) < 4.78 is 4.84. The highest BCUT2D eigenvalue weighted by Crippen LogP contribution is 2.09. The van der Waals surface area contributed by atoms with Crippen LogP contribution in [0.3, 0.4) is 0 Å². The Morgan fingerprint density at radius 2 is 1.83 bits per heavy atom. The van der Waals surface area contributed by atoms with Crippen molar-refractivity contribution in [2.24, 2.45) is 5.73 Å². The first-order valence-corrected chi connectivity index (χ1v) is 6.61. The fourth-order valence-corrected chi connectivity index (χ4v) is 1.62. The second-order valence-corrected chi connectivity index (χ2v) is 4.61. The number of aryl methyl sites for hydroxylation is 1. The number of anilines is 1. The smallest absolute Gasteiger partial charge is 0.359 e. The maximum atomic E-state index is 11.7. The lowest BCUT2D eigenvalue weighted by molar-refractivity contribution is -0.119. The molecule has 2 amide bonds. The van der Waals surface area contributed by atoms with Crippen LogP contribution in [0.2, 0.25) is 0 Å². The third kappa shape index (κ3) is 4.60. The van der Waals surface area contributed by atoms with Crippen LogP contribution in [-0.4, -0.2) is 34.4 Å². The number of carbonyl (C=O) groups is 3. The van der Waals surface area contributed by atoms with Crippen LogP contribution in [0.1, 0.15) is 26.5 Å². The average molecular weight is 314 g/mol. The monoisotopic (exact) mass is 314 g/mol. The molecule has 0 unspecified atom stereocenters. The van der Waals surface area contributed by atoms with E-state index in [1.165, 1.54) is 36.7 Å². The van der Waals surface area contributed by atoms with Gasteiger partial charge in [-0.25, -0.2) is 9.78 Å². The number of hydrogen-bond acceptors (Lipinski definition) is 6. The van der Waals surface area contributed by atoms with Crippen LogP contribution < -0.4 is 11.1 Å². The van der Waals surface area contributed by atoms with Gasteiger partial charge in [-0.1, -0.05) is 0 Å². The number of amides is 2. The standard InChI is InChI=1S/C15H14N4O4/c1-9-6-18-12(7-17-9)15(22)23-8-13(20)19-11-4-2-10(3-5-11)14(16)21/h2-7H,8H2,1H3,(H2,16,21)(H,19,20). The van der Waals surface area contributed by atoms with Gasteiger partial charge in [0, 0.05) is 17.4 Å². The molecule has 0 bridgehead atoms. The molecule has 8 nitrogen and oxygen atoms in total. The van der Waals surface area contributed by atoms with Crippen LogP contribution in [0.4, 0.5) is 5.69 Å². The molecular weight excluding hydrogens is 300 g/mol. The lowest BCUT2D eigenvalue weighted by Gasteiger charge is -2.06. The second kappa shape index (κ2) is 7.12. The summed E-state index contributed by atoms with van der Waals surface area (Å²) in [5, 5.41) is 2.52. The minimum absolute atomic E-state index is 0.0224. The summed E-state index contributed by atoms with van der Waals surface area (Å²) in [6, 6.07) is 5.99. The van der Waals surface area contributed by atoms with Crippen LogP contribution >= 0.6 is 0 Å². The van der Waals surface area contributed by atoms with Crippen molar-refractivity contribution in [1.82, 2.24) is 9.97 Å². The first-order valence-electron chi connectivity index (χ1n) is 6.61. The summed E-state index contributed by atoms with van der Waals surface area (Å²) in [5.74, 6) is -1.82. The molecule has 23 heavy (non-hydrogen) atoms. The van der Waals surface area contributed by atoms with E-state index in [0.717, 1.165) is 0 Å². The van der Waals surface area contributed by atoms with Crippen molar-refractivity contribution in [3.05, 3.63) is 53.6 Å². The Bertz CT molecular complexity index is 726. The van der Waals surface area contributed by atoms with E-state index in [-0.39, 0.29) is 5.69 Å². The Morgan fingerprint density at radius 3 is 2.39 bits per heavy atom. The van der Waals surface area contributed by atoms with Crippen molar-refractivity contribution in [3.8, 4) is 0 Å². The number of aromatic nitrogens is 2. The van der Waals surface area contributed by atoms with Gasteiger partial charge < -0.3 is 15.8 Å². The third-order valence-corrected chi connectivity index (χ3v) is 2.78. The summed E-state index contributed by atoms with van der Waals surface area (Å²) in [4.78, 5) is 42.1. The van der Waals surface area contributed by atoms with E-state index >= 15 is 0 Å². The summed E-state index contributed by atoms with van der Waals surface area (Å²) in [6.45, 7) is 1.27. The predicted molar refractivity (Wildman–Crippen MR) is 80.6 cm³/mol. The van der Waals surface area contributed by atoms with E-state index in [4.69, 9.17) is 10.5 Å². The number of esters is 1. The van der Waals surface area contributed by atoms with Crippen molar-refractivity contribution in [1.29, 1.82) is 0 Å². The van der Waals surface area contributed by atoms with E-state index in [1.807, 2.05) is 0 Å². The van der Waals surface area contributed by atoms with E-state index in [9.17, 15) is 14.4 Å². The highest BCUT2D eigenvalue weighted by atomic mass is 16.5. The first kappa shape index (κ1) is 16.1. The fraction of sp³-hybridized carbons (Fsp3) is 0.133. The molecule has 0 saturated heterocycles. The number of hydrogen-bond donors (Lipinski definition) is 2. The molecule has 8 heteroatoms. The van der Waals surface area contributed by atoms with Gasteiger partial charge in [-0.3, -0.25) is 14.6 Å². The normalized spacial score (nSPS) is 9.96. The van der Waals surface area contributed by atoms with Crippen LogP contribution in [0, 0.1) is 6.92 Å². The molecule has 2 aromatic rings. The number of ether oxygens (including phenoxy) is 1. The number of benzene rings is 1. The molecule has 0 spiro atoms. The van der Waals surface area contributed by atoms with Gasteiger partial charge in [0.1, 0.15) is 0 Å². The van der Waals surface area contributed by atoms with Crippen molar-refractivity contribution < 1.29 is 19.1 Å². The lowest BCUT2D eigenvalue weighted by atomic mass is 10.2. The molecule has 0 aliphatic heterocycles. The van der Waals surface area contributed by atoms with Crippen LogP contribution in [-0.2, 0) is 9.53 Å². The molecule has 0 atom stereocenters. The predicted octanol–water partition coefficient (Wildman–Crippen LogP) is 0.679. The van der Waals surface area contributed by atoms with Gasteiger partial charge in [-0.2, -0.15) is 0 Å². The summed E-state index contributed by atoms with van der Waals surface area (Å²) in [6.07, 6.45) is 2.70. The van der Waals surface area contributed by atoms with E-state index < -0.39 is 24.4 Å². The minimum Gasteiger partial charge on any atom is -0.451 e. The average Bonchev–Trinajstić information content (AvgIpc) is 2.54. The van der Waals surface area contributed by atoms with Crippen molar-refractivity contribution >= 4 is 23.5 Å². The van der Waals surface area contributed by atoms with Gasteiger partial charge in [0.05, 0.1) is 11.9 Å². The van der Waals surface area contributed by atoms with Gasteiger partial charge in [0.15, 0.2) is 12.3 Å². The van der Waals surface area contributed by atoms with Crippen LogP contribution in [0.5, 0.6) is 0 Å². The molecule has 0 aliphatic carbocycles. The molecule has 1 heterocycles. The first-order chi connectivity index (χ1) is 11.0. The molecule has 0 aliphatic rings. The van der Waals surface area contributed by atoms with Gasteiger partial charge in [0.25, 0.3) is 5.91 Å². The van der Waals surface area contributed by atoms with Crippen molar-refractivity contribution in [2.45, 2.75) is 6.92 Å². The lowest BCUT2D eigenvalue weighted by Crippen LogP contribution is -2.21. The summed E-state index contributed by atoms with van der Waals surface area (Å²) >= 11 is 0. The molecule has 118 valence electrons. The molecule has 1 aromatic carbocycles. The zero-order valence-electron chi connectivity index (χ0n) is 12.3. The minimum atomic E-state index is -0.739. The quantitative estimate of drug-likeness (QED) is 0.782. The van der Waals surface area contributed by atoms with Gasteiger partial charge in [-0.15, -0.1) is 0 Å². The zero-order chi connectivity index (χ0) is 16.8. The van der Waals surface area contributed by atoms with Gasteiger partial charge in [0.2, 0.25) is 5.91 Å². The maximum Gasteiger partial charge on any atom is 0.359 e. The number of nitrogens with two attached hydrogens (primary N) is 1. The van der Waals surface area contributed by atoms with Crippen molar-refractivity contribution in [2.75, 3.05) is 11.9 Å². The van der Waals surface area contributed by atoms with E-state index in [2.05, 4.69) is 15.3 Å². The Labute approximate surface area is 131 Å². The number of rotatable bonds is 5. The fourth-order valence-electron chi connectivity index (χ4n) is 1.62. The molecule has 2 rings (SSSR count). The molecule has 0 radical (unpaired) electrons.